The van der Waals surface area contributed by atoms with Crippen LogP contribution in [0.2, 0.25) is 5.02 Å². The van der Waals surface area contributed by atoms with Gasteiger partial charge in [-0.25, -0.2) is 4.79 Å². The second-order valence-electron chi connectivity index (χ2n) is 5.57. The first-order valence-electron chi connectivity index (χ1n) is 7.66. The van der Waals surface area contributed by atoms with E-state index in [1.54, 1.807) is 19.1 Å². The van der Waals surface area contributed by atoms with Gasteiger partial charge in [-0.05, 0) is 24.1 Å². The Morgan fingerprint density at radius 2 is 1.92 bits per heavy atom. The van der Waals surface area contributed by atoms with Gasteiger partial charge in [0.2, 0.25) is 5.91 Å². The Balaban J connectivity index is 2.17. The van der Waals surface area contributed by atoms with Crippen LogP contribution in [0.1, 0.15) is 44.6 Å². The Morgan fingerprint density at radius 1 is 1.24 bits per heavy atom. The molecule has 1 aromatic carbocycles. The number of aromatic amines is 1. The molecule has 0 saturated heterocycles. The Bertz CT molecular complexity index is 826. The molecule has 0 radical (unpaired) electrons. The van der Waals surface area contributed by atoms with Crippen LogP contribution in [-0.4, -0.2) is 29.8 Å². The van der Waals surface area contributed by atoms with Crippen LogP contribution >= 0.6 is 11.6 Å². The molecule has 25 heavy (non-hydrogen) atoms. The number of benzene rings is 1. The number of methoxy groups -OCH3 is 1. The first kappa shape index (κ1) is 18.7. The van der Waals surface area contributed by atoms with Crippen LogP contribution in [0.5, 0.6) is 0 Å². The Hall–Kier alpha value is -2.60. The number of H-pyrrole nitrogens is 1. The van der Waals surface area contributed by atoms with Crippen LogP contribution in [0.3, 0.4) is 0 Å². The van der Waals surface area contributed by atoms with E-state index >= 15 is 0 Å². The van der Waals surface area contributed by atoms with E-state index in [9.17, 15) is 14.4 Å². The zero-order chi connectivity index (χ0) is 18.6. The number of aromatic nitrogens is 1. The summed E-state index contributed by atoms with van der Waals surface area (Å²) in [5.41, 5.74) is 2.15. The lowest BCUT2D eigenvalue weighted by molar-refractivity contribution is -0.120. The number of ether oxygens (including phenoxy) is 1. The molecule has 0 atom stereocenters. The number of Topliss-reactive ketones (excluding diaryl/α,β-unsaturated/α-hetero) is 1. The molecule has 0 aliphatic carbocycles. The number of nitrogens with one attached hydrogen (secondary N) is 2. The molecule has 0 saturated carbocycles. The van der Waals surface area contributed by atoms with Crippen molar-refractivity contribution in [1.29, 1.82) is 0 Å². The molecule has 1 aromatic heterocycles. The number of hydrogen-bond donors (Lipinski definition) is 2. The molecule has 0 fully saturated rings. The molecule has 0 spiro atoms. The van der Waals surface area contributed by atoms with E-state index in [0.29, 0.717) is 22.0 Å². The summed E-state index contributed by atoms with van der Waals surface area (Å²) in [6.45, 7) is 3.30. The number of carbonyl (C=O) groups excluding carboxylic acids is 3. The maximum atomic E-state index is 12.2. The smallest absolute Gasteiger partial charge is 0.339 e. The molecular formula is C18H19ClN2O4. The molecule has 0 aliphatic rings. The third kappa shape index (κ3) is 4.28. The van der Waals surface area contributed by atoms with Gasteiger partial charge in [0.1, 0.15) is 0 Å². The Kier molecular flexibility index (Phi) is 5.98. The van der Waals surface area contributed by atoms with Crippen molar-refractivity contribution in [3.05, 3.63) is 57.4 Å². The van der Waals surface area contributed by atoms with Crippen LogP contribution in [0, 0.1) is 6.92 Å². The third-order valence-corrected chi connectivity index (χ3v) is 4.21. The summed E-state index contributed by atoms with van der Waals surface area (Å²) in [6.07, 6.45) is -0.0804. The van der Waals surface area contributed by atoms with Crippen LogP contribution < -0.4 is 5.32 Å². The van der Waals surface area contributed by atoms with Gasteiger partial charge >= 0.3 is 5.97 Å². The summed E-state index contributed by atoms with van der Waals surface area (Å²) in [7, 11) is 1.25. The fourth-order valence-electron chi connectivity index (χ4n) is 2.58. The molecule has 0 bridgehead atoms. The number of esters is 1. The van der Waals surface area contributed by atoms with Gasteiger partial charge in [0, 0.05) is 24.2 Å². The summed E-state index contributed by atoms with van der Waals surface area (Å²) in [5.74, 6) is -1.11. The van der Waals surface area contributed by atoms with Crippen molar-refractivity contribution in [3.63, 3.8) is 0 Å². The highest BCUT2D eigenvalue weighted by atomic mass is 35.5. The number of hydrogen-bond acceptors (Lipinski definition) is 4. The molecule has 2 rings (SSSR count). The minimum absolute atomic E-state index is 0.0804. The van der Waals surface area contributed by atoms with Crippen LogP contribution in [0.15, 0.2) is 24.3 Å². The van der Waals surface area contributed by atoms with Gasteiger partial charge in [0.15, 0.2) is 5.78 Å². The van der Waals surface area contributed by atoms with Crippen LogP contribution in [0.25, 0.3) is 0 Å². The van der Waals surface area contributed by atoms with Gasteiger partial charge in [-0.15, -0.1) is 0 Å². The lowest BCUT2D eigenvalue weighted by Gasteiger charge is -2.07. The van der Waals surface area contributed by atoms with E-state index in [1.165, 1.54) is 14.0 Å². The summed E-state index contributed by atoms with van der Waals surface area (Å²) >= 11 is 6.06. The van der Waals surface area contributed by atoms with Crippen molar-refractivity contribution in [2.45, 2.75) is 26.8 Å². The quantitative estimate of drug-likeness (QED) is 0.611. The molecule has 0 aliphatic heterocycles. The van der Waals surface area contributed by atoms with E-state index in [0.717, 1.165) is 5.56 Å². The Labute approximate surface area is 150 Å². The molecule has 6 nitrogen and oxygen atoms in total. The average Bonchev–Trinajstić information content (AvgIpc) is 2.90. The monoisotopic (exact) mass is 362 g/mol. The maximum Gasteiger partial charge on any atom is 0.339 e. The number of halogens is 1. The van der Waals surface area contributed by atoms with Crippen LogP contribution in [0.4, 0.5) is 0 Å². The van der Waals surface area contributed by atoms with Crippen molar-refractivity contribution >= 4 is 29.3 Å². The topological polar surface area (TPSA) is 88.3 Å². The molecule has 1 heterocycles. The molecular weight excluding hydrogens is 344 g/mol. The van der Waals surface area contributed by atoms with Crippen molar-refractivity contribution in [2.75, 3.05) is 7.11 Å². The van der Waals surface area contributed by atoms with Crippen LogP contribution in [-0.2, 0) is 22.5 Å². The highest BCUT2D eigenvalue weighted by Gasteiger charge is 2.24. The van der Waals surface area contributed by atoms with Gasteiger partial charge in [0.25, 0.3) is 0 Å². The van der Waals surface area contributed by atoms with Gasteiger partial charge in [-0.2, -0.15) is 0 Å². The van der Waals surface area contributed by atoms with Crippen molar-refractivity contribution in [1.82, 2.24) is 10.3 Å². The third-order valence-electron chi connectivity index (χ3n) is 3.84. The maximum absolute atomic E-state index is 12.2. The predicted octanol–water partition coefficient (Wildman–Crippen LogP) is 2.82. The summed E-state index contributed by atoms with van der Waals surface area (Å²) in [6, 6.07) is 7.19. The van der Waals surface area contributed by atoms with Crippen molar-refractivity contribution < 1.29 is 19.1 Å². The largest absolute Gasteiger partial charge is 0.465 e. The molecule has 7 heteroatoms. The zero-order valence-electron chi connectivity index (χ0n) is 14.2. The second-order valence-corrected chi connectivity index (χ2v) is 5.98. The van der Waals surface area contributed by atoms with Gasteiger partial charge < -0.3 is 15.0 Å². The highest BCUT2D eigenvalue weighted by Crippen LogP contribution is 2.21. The molecule has 2 aromatic rings. The number of carbonyl (C=O) groups is 3. The van der Waals surface area contributed by atoms with E-state index in [-0.39, 0.29) is 30.2 Å². The minimum atomic E-state index is -0.588. The van der Waals surface area contributed by atoms with E-state index in [2.05, 4.69) is 10.3 Å². The second kappa shape index (κ2) is 7.98. The fraction of sp³-hybridized carbons (Fsp3) is 0.278. The van der Waals surface area contributed by atoms with Gasteiger partial charge in [-0.3, -0.25) is 9.59 Å². The van der Waals surface area contributed by atoms with E-state index < -0.39 is 5.97 Å². The van der Waals surface area contributed by atoms with Crippen molar-refractivity contribution in [2.24, 2.45) is 0 Å². The predicted molar refractivity (Wildman–Crippen MR) is 93.9 cm³/mol. The van der Waals surface area contributed by atoms with E-state index in [4.69, 9.17) is 16.3 Å². The zero-order valence-corrected chi connectivity index (χ0v) is 15.0. The molecule has 2 N–H and O–H groups in total. The SMILES string of the molecule is COC(=O)c1c(CC(=O)NCc2ccccc2Cl)[nH]c(C(C)=O)c1C. The van der Waals surface area contributed by atoms with Gasteiger partial charge in [0.05, 0.1) is 24.8 Å². The summed E-state index contributed by atoms with van der Waals surface area (Å²) in [4.78, 5) is 38.8. The normalized spacial score (nSPS) is 10.4. The summed E-state index contributed by atoms with van der Waals surface area (Å²) in [5, 5.41) is 3.31. The average molecular weight is 363 g/mol. The fourth-order valence-corrected chi connectivity index (χ4v) is 2.78. The molecule has 132 valence electrons. The minimum Gasteiger partial charge on any atom is -0.465 e. The van der Waals surface area contributed by atoms with Crippen molar-refractivity contribution in [3.8, 4) is 0 Å². The lowest BCUT2D eigenvalue weighted by Crippen LogP contribution is -2.25. The lowest BCUT2D eigenvalue weighted by atomic mass is 10.1. The number of rotatable bonds is 6. The Morgan fingerprint density at radius 3 is 2.52 bits per heavy atom. The molecule has 1 amide bonds. The number of amides is 1. The highest BCUT2D eigenvalue weighted by molar-refractivity contribution is 6.31. The first-order chi connectivity index (χ1) is 11.8. The van der Waals surface area contributed by atoms with E-state index in [1.807, 2.05) is 12.1 Å². The first-order valence-corrected chi connectivity index (χ1v) is 8.03. The number of ketones is 1. The summed E-state index contributed by atoms with van der Waals surface area (Å²) < 4.78 is 4.76. The molecule has 0 unspecified atom stereocenters. The van der Waals surface area contributed by atoms with Gasteiger partial charge in [-0.1, -0.05) is 29.8 Å². The standard InChI is InChI=1S/C18H19ClN2O4/c1-10-16(18(24)25-3)14(21-17(10)11(2)22)8-15(23)20-9-12-6-4-5-7-13(12)19/h4-7,21H,8-9H2,1-3H3,(H,20,23).